The van der Waals surface area contributed by atoms with Crippen molar-refractivity contribution in [3.8, 4) is 0 Å². The maximum atomic E-state index is 13.8. The summed E-state index contributed by atoms with van der Waals surface area (Å²) in [7, 11) is 0. The summed E-state index contributed by atoms with van der Waals surface area (Å²) in [5.74, 6) is -0.753. The molecule has 31 heavy (non-hydrogen) atoms. The first kappa shape index (κ1) is 20.6. The Kier molecular flexibility index (Phi) is 5.68. The van der Waals surface area contributed by atoms with Crippen LogP contribution in [-0.4, -0.2) is 16.8 Å². The Morgan fingerprint density at radius 1 is 1.06 bits per heavy atom. The second-order valence-corrected chi connectivity index (χ2v) is 7.25. The zero-order valence-corrected chi connectivity index (χ0v) is 17.2. The van der Waals surface area contributed by atoms with Gasteiger partial charge in [0.25, 0.3) is 11.8 Å². The molecule has 8 heteroatoms. The maximum Gasteiger partial charge on any atom is 0.255 e. The van der Waals surface area contributed by atoms with Crippen molar-refractivity contribution in [1.82, 2.24) is 10.3 Å². The average Bonchev–Trinajstić information content (AvgIpc) is 3.13. The topological polar surface area (TPSA) is 84.2 Å². The standard InChI is InChI=1S/C23H17ClFN3O3/c1-13-27-20-10-14(6-9-21(20)31-13)22(29)28-16-7-8-18(24)17(11-16)23(30)26-12-15-4-2-3-5-19(15)25/h2-11H,12H2,1H3,(H,26,30)(H,28,29). The van der Waals surface area contributed by atoms with E-state index in [-0.39, 0.29) is 23.0 Å². The fraction of sp³-hybridized carbons (Fsp3) is 0.0870. The molecule has 156 valence electrons. The fourth-order valence-corrected chi connectivity index (χ4v) is 3.28. The number of halogens is 2. The van der Waals surface area contributed by atoms with Crippen LogP contribution >= 0.6 is 11.6 Å². The lowest BCUT2D eigenvalue weighted by molar-refractivity contribution is 0.0949. The van der Waals surface area contributed by atoms with E-state index in [2.05, 4.69) is 15.6 Å². The van der Waals surface area contributed by atoms with Crippen molar-refractivity contribution in [2.45, 2.75) is 13.5 Å². The van der Waals surface area contributed by atoms with E-state index < -0.39 is 11.7 Å². The molecule has 4 aromatic rings. The van der Waals surface area contributed by atoms with Crippen molar-refractivity contribution in [3.05, 3.63) is 94.1 Å². The summed E-state index contributed by atoms with van der Waals surface area (Å²) in [5.41, 5.74) is 2.47. The number of carbonyl (C=O) groups is 2. The number of aromatic nitrogens is 1. The third kappa shape index (κ3) is 4.57. The number of nitrogens with zero attached hydrogens (tertiary/aromatic N) is 1. The second-order valence-electron chi connectivity index (χ2n) is 6.84. The van der Waals surface area contributed by atoms with E-state index in [9.17, 15) is 14.0 Å². The fourth-order valence-electron chi connectivity index (χ4n) is 3.08. The van der Waals surface area contributed by atoms with Crippen LogP contribution in [-0.2, 0) is 6.54 Å². The molecule has 0 saturated carbocycles. The van der Waals surface area contributed by atoms with Crippen LogP contribution in [0.3, 0.4) is 0 Å². The predicted molar refractivity (Wildman–Crippen MR) is 116 cm³/mol. The highest BCUT2D eigenvalue weighted by Crippen LogP contribution is 2.22. The monoisotopic (exact) mass is 437 g/mol. The van der Waals surface area contributed by atoms with E-state index in [0.717, 1.165) is 0 Å². The molecule has 1 heterocycles. The molecule has 1 aromatic heterocycles. The van der Waals surface area contributed by atoms with Crippen LogP contribution in [0.2, 0.25) is 5.02 Å². The first-order valence-corrected chi connectivity index (χ1v) is 9.78. The van der Waals surface area contributed by atoms with Crippen molar-refractivity contribution < 1.29 is 18.4 Å². The van der Waals surface area contributed by atoms with Gasteiger partial charge in [-0.2, -0.15) is 0 Å². The SMILES string of the molecule is Cc1nc2cc(C(=O)Nc3ccc(Cl)c(C(=O)NCc4ccccc4F)c3)ccc2o1. The van der Waals surface area contributed by atoms with E-state index in [0.29, 0.717) is 33.8 Å². The van der Waals surface area contributed by atoms with Crippen molar-refractivity contribution in [3.63, 3.8) is 0 Å². The number of amides is 2. The van der Waals surface area contributed by atoms with Gasteiger partial charge in [0.1, 0.15) is 11.3 Å². The number of rotatable bonds is 5. The molecule has 0 unspecified atom stereocenters. The Morgan fingerprint density at radius 2 is 1.87 bits per heavy atom. The minimum absolute atomic E-state index is 0.00948. The zero-order valence-electron chi connectivity index (χ0n) is 16.4. The minimum Gasteiger partial charge on any atom is -0.441 e. The van der Waals surface area contributed by atoms with Gasteiger partial charge in [-0.25, -0.2) is 9.37 Å². The van der Waals surface area contributed by atoms with Gasteiger partial charge < -0.3 is 15.1 Å². The number of fused-ring (bicyclic) bond motifs is 1. The number of hydrogen-bond donors (Lipinski definition) is 2. The Bertz CT molecular complexity index is 1300. The van der Waals surface area contributed by atoms with Crippen molar-refractivity contribution in [2.75, 3.05) is 5.32 Å². The third-order valence-electron chi connectivity index (χ3n) is 4.62. The van der Waals surface area contributed by atoms with Gasteiger partial charge in [0, 0.05) is 30.3 Å². The molecule has 0 spiro atoms. The van der Waals surface area contributed by atoms with Crippen molar-refractivity contribution in [1.29, 1.82) is 0 Å². The lowest BCUT2D eigenvalue weighted by atomic mass is 10.1. The van der Waals surface area contributed by atoms with Gasteiger partial charge in [-0.15, -0.1) is 0 Å². The number of aryl methyl sites for hydroxylation is 1. The molecular weight excluding hydrogens is 421 g/mol. The third-order valence-corrected chi connectivity index (χ3v) is 4.95. The van der Waals surface area contributed by atoms with Crippen molar-refractivity contribution >= 4 is 40.2 Å². The molecule has 0 atom stereocenters. The molecule has 0 aliphatic heterocycles. The van der Waals surface area contributed by atoms with Gasteiger partial charge in [-0.05, 0) is 42.5 Å². The molecule has 0 aliphatic rings. The quantitative estimate of drug-likeness (QED) is 0.454. The van der Waals surface area contributed by atoms with E-state index in [1.54, 1.807) is 49.4 Å². The normalized spacial score (nSPS) is 10.8. The van der Waals surface area contributed by atoms with E-state index in [1.165, 1.54) is 18.2 Å². The maximum absolute atomic E-state index is 13.8. The van der Waals surface area contributed by atoms with E-state index >= 15 is 0 Å². The number of nitrogens with one attached hydrogen (secondary N) is 2. The lowest BCUT2D eigenvalue weighted by Gasteiger charge is -2.10. The van der Waals surface area contributed by atoms with Crippen LogP contribution in [0.4, 0.5) is 10.1 Å². The van der Waals surface area contributed by atoms with Crippen LogP contribution in [0.25, 0.3) is 11.1 Å². The smallest absolute Gasteiger partial charge is 0.255 e. The number of benzene rings is 3. The number of anilines is 1. The molecule has 0 bridgehead atoms. The lowest BCUT2D eigenvalue weighted by Crippen LogP contribution is -2.24. The zero-order chi connectivity index (χ0) is 22.0. The van der Waals surface area contributed by atoms with Gasteiger partial charge in [0.15, 0.2) is 11.5 Å². The summed E-state index contributed by atoms with van der Waals surface area (Å²) in [6.07, 6.45) is 0. The van der Waals surface area contributed by atoms with Crippen LogP contribution in [0, 0.1) is 12.7 Å². The molecule has 2 amide bonds. The minimum atomic E-state index is -0.483. The number of carbonyl (C=O) groups excluding carboxylic acids is 2. The van der Waals surface area contributed by atoms with Gasteiger partial charge in [0.05, 0.1) is 10.6 Å². The summed E-state index contributed by atoms with van der Waals surface area (Å²) < 4.78 is 19.2. The summed E-state index contributed by atoms with van der Waals surface area (Å²) in [4.78, 5) is 29.4. The second kappa shape index (κ2) is 8.57. The van der Waals surface area contributed by atoms with E-state index in [4.69, 9.17) is 16.0 Å². The molecule has 0 fully saturated rings. The Balaban J connectivity index is 1.49. The van der Waals surface area contributed by atoms with Gasteiger partial charge >= 0.3 is 0 Å². The number of oxazole rings is 1. The first-order valence-electron chi connectivity index (χ1n) is 9.40. The average molecular weight is 438 g/mol. The van der Waals surface area contributed by atoms with Gasteiger partial charge in [-0.3, -0.25) is 9.59 Å². The highest BCUT2D eigenvalue weighted by Gasteiger charge is 2.15. The highest BCUT2D eigenvalue weighted by molar-refractivity contribution is 6.34. The predicted octanol–water partition coefficient (Wildman–Crippen LogP) is 5.11. The molecule has 2 N–H and O–H groups in total. The summed E-state index contributed by atoms with van der Waals surface area (Å²) in [5, 5.41) is 5.59. The van der Waals surface area contributed by atoms with Gasteiger partial charge in [0.2, 0.25) is 0 Å². The highest BCUT2D eigenvalue weighted by atomic mass is 35.5. The Labute approximate surface area is 182 Å². The molecule has 6 nitrogen and oxygen atoms in total. The van der Waals surface area contributed by atoms with Crippen LogP contribution < -0.4 is 10.6 Å². The van der Waals surface area contributed by atoms with Crippen LogP contribution in [0.5, 0.6) is 0 Å². The molecule has 4 rings (SSSR count). The summed E-state index contributed by atoms with van der Waals surface area (Å²) in [6.45, 7) is 1.74. The summed E-state index contributed by atoms with van der Waals surface area (Å²) in [6, 6.07) is 15.7. The largest absolute Gasteiger partial charge is 0.441 e. The number of hydrogen-bond acceptors (Lipinski definition) is 4. The Hall–Kier alpha value is -3.71. The molecule has 0 aliphatic carbocycles. The van der Waals surface area contributed by atoms with E-state index in [1.807, 2.05) is 0 Å². The van der Waals surface area contributed by atoms with Gasteiger partial charge in [-0.1, -0.05) is 29.8 Å². The van der Waals surface area contributed by atoms with Crippen molar-refractivity contribution in [2.24, 2.45) is 0 Å². The van der Waals surface area contributed by atoms with Crippen LogP contribution in [0.1, 0.15) is 32.2 Å². The molecule has 0 saturated heterocycles. The molecule has 3 aromatic carbocycles. The Morgan fingerprint density at radius 3 is 2.68 bits per heavy atom. The van der Waals surface area contributed by atoms with Crippen LogP contribution in [0.15, 0.2) is 65.1 Å². The first-order chi connectivity index (χ1) is 14.9. The molecule has 0 radical (unpaired) electrons. The summed E-state index contributed by atoms with van der Waals surface area (Å²) >= 11 is 6.16. The molecular formula is C23H17ClFN3O3.